The molecule has 2 aromatic carbocycles. The van der Waals surface area contributed by atoms with Gasteiger partial charge in [-0.2, -0.15) is 13.2 Å². The maximum absolute atomic E-state index is 13.0. The molecule has 1 aliphatic rings. The summed E-state index contributed by atoms with van der Waals surface area (Å²) < 4.78 is 63.4. The molecule has 1 aliphatic heterocycles. The Labute approximate surface area is 196 Å². The number of nitrogens with zero attached hydrogens (tertiary/aromatic N) is 1. The first kappa shape index (κ1) is 25.8. The standard InChI is InChI=1S/C25H30F5N3O/c26-16-20(27)5-1-2-6-24(34)32-22-12-11-21(15-23(22)33-13-3-4-14-33)31-17-18-7-9-19(10-8-18)25(28,29)30/h7-12,15,20,31H,1-6,13-14,16-17H2,(H,32,34)/t20-/m0/s1. The number of amides is 1. The molecule has 2 aromatic rings. The van der Waals surface area contributed by atoms with E-state index in [1.807, 2.05) is 12.1 Å². The molecule has 0 saturated carbocycles. The number of alkyl halides is 5. The Balaban J connectivity index is 1.61. The van der Waals surface area contributed by atoms with Crippen molar-refractivity contribution in [2.24, 2.45) is 0 Å². The van der Waals surface area contributed by atoms with Crippen molar-refractivity contribution in [1.82, 2.24) is 0 Å². The molecule has 0 bridgehead atoms. The molecule has 0 aliphatic carbocycles. The molecule has 1 saturated heterocycles. The van der Waals surface area contributed by atoms with Crippen LogP contribution in [-0.2, 0) is 17.5 Å². The third-order valence-corrected chi connectivity index (χ3v) is 5.84. The average molecular weight is 484 g/mol. The number of carbonyl (C=O) groups is 1. The Morgan fingerprint density at radius 2 is 1.74 bits per heavy atom. The van der Waals surface area contributed by atoms with Crippen LogP contribution in [0.3, 0.4) is 0 Å². The zero-order chi connectivity index (χ0) is 24.6. The first-order chi connectivity index (χ1) is 16.3. The van der Waals surface area contributed by atoms with Crippen molar-refractivity contribution in [2.45, 2.75) is 57.4 Å². The fraction of sp³-hybridized carbons (Fsp3) is 0.480. The second kappa shape index (κ2) is 12.0. The first-order valence-electron chi connectivity index (χ1n) is 11.5. The summed E-state index contributed by atoms with van der Waals surface area (Å²) in [7, 11) is 0. The Morgan fingerprint density at radius 3 is 2.38 bits per heavy atom. The smallest absolute Gasteiger partial charge is 0.381 e. The van der Waals surface area contributed by atoms with Crippen LogP contribution < -0.4 is 15.5 Å². The van der Waals surface area contributed by atoms with Crippen molar-refractivity contribution in [1.29, 1.82) is 0 Å². The first-order valence-corrected chi connectivity index (χ1v) is 11.5. The quantitative estimate of drug-likeness (QED) is 0.275. The van der Waals surface area contributed by atoms with Gasteiger partial charge in [0.25, 0.3) is 0 Å². The molecule has 0 radical (unpaired) electrons. The van der Waals surface area contributed by atoms with Gasteiger partial charge in [-0.3, -0.25) is 4.79 Å². The molecule has 1 amide bonds. The van der Waals surface area contributed by atoms with Crippen LogP contribution in [0.25, 0.3) is 0 Å². The summed E-state index contributed by atoms with van der Waals surface area (Å²) in [4.78, 5) is 14.6. The van der Waals surface area contributed by atoms with Crippen LogP contribution in [0.1, 0.15) is 49.7 Å². The van der Waals surface area contributed by atoms with Gasteiger partial charge in [0.2, 0.25) is 5.91 Å². The topological polar surface area (TPSA) is 44.4 Å². The number of nitrogens with one attached hydrogen (secondary N) is 2. The van der Waals surface area contributed by atoms with Gasteiger partial charge in [0.1, 0.15) is 12.8 Å². The van der Waals surface area contributed by atoms with Crippen LogP contribution in [0.15, 0.2) is 42.5 Å². The van der Waals surface area contributed by atoms with E-state index < -0.39 is 24.6 Å². The minimum absolute atomic E-state index is 0.113. The van der Waals surface area contributed by atoms with Crippen LogP contribution in [-0.4, -0.2) is 31.8 Å². The Hall–Kier alpha value is -2.84. The van der Waals surface area contributed by atoms with E-state index in [-0.39, 0.29) is 18.7 Å². The van der Waals surface area contributed by atoms with Crippen molar-refractivity contribution in [3.05, 3.63) is 53.6 Å². The molecular weight excluding hydrogens is 453 g/mol. The van der Waals surface area contributed by atoms with Crippen LogP contribution >= 0.6 is 0 Å². The molecule has 4 nitrogen and oxygen atoms in total. The summed E-state index contributed by atoms with van der Waals surface area (Å²) in [6.45, 7) is 1.10. The number of halogens is 5. The number of rotatable bonds is 11. The summed E-state index contributed by atoms with van der Waals surface area (Å²) in [5, 5.41) is 6.16. The lowest BCUT2D eigenvalue weighted by molar-refractivity contribution is -0.137. The third kappa shape index (κ3) is 7.60. The van der Waals surface area contributed by atoms with Crippen molar-refractivity contribution in [3.8, 4) is 0 Å². The minimum Gasteiger partial charge on any atom is -0.381 e. The van der Waals surface area contributed by atoms with Crippen molar-refractivity contribution in [3.63, 3.8) is 0 Å². The summed E-state index contributed by atoms with van der Waals surface area (Å²) in [6, 6.07) is 10.6. The molecule has 1 fully saturated rings. The van der Waals surface area contributed by atoms with Crippen LogP contribution in [0, 0.1) is 0 Å². The van der Waals surface area contributed by atoms with Crippen LogP contribution in [0.5, 0.6) is 0 Å². The molecule has 1 heterocycles. The zero-order valence-electron chi connectivity index (χ0n) is 18.9. The van der Waals surface area contributed by atoms with Gasteiger partial charge < -0.3 is 15.5 Å². The molecule has 0 spiro atoms. The largest absolute Gasteiger partial charge is 0.416 e. The number of benzene rings is 2. The highest BCUT2D eigenvalue weighted by Gasteiger charge is 2.29. The van der Waals surface area contributed by atoms with Crippen LogP contribution in [0.4, 0.5) is 39.0 Å². The second-order valence-electron chi connectivity index (χ2n) is 8.52. The Bertz CT molecular complexity index is 927. The SMILES string of the molecule is O=C(CCCC[C@H](F)CF)Nc1ccc(NCc2ccc(C(F)(F)F)cc2)cc1N1CCCC1. The fourth-order valence-electron chi connectivity index (χ4n) is 3.92. The lowest BCUT2D eigenvalue weighted by Gasteiger charge is -2.23. The molecule has 34 heavy (non-hydrogen) atoms. The molecule has 2 N–H and O–H groups in total. The average Bonchev–Trinajstić information content (AvgIpc) is 3.35. The van der Waals surface area contributed by atoms with Gasteiger partial charge in [0, 0.05) is 31.7 Å². The summed E-state index contributed by atoms with van der Waals surface area (Å²) >= 11 is 0. The highest BCUT2D eigenvalue weighted by atomic mass is 19.4. The van der Waals surface area contributed by atoms with E-state index in [0.717, 1.165) is 55.0 Å². The number of hydrogen-bond acceptors (Lipinski definition) is 3. The van der Waals surface area contributed by atoms with E-state index in [1.54, 1.807) is 6.07 Å². The van der Waals surface area contributed by atoms with Crippen molar-refractivity contribution < 1.29 is 26.7 Å². The number of anilines is 3. The Kier molecular flexibility index (Phi) is 9.12. The number of hydrogen-bond donors (Lipinski definition) is 2. The highest BCUT2D eigenvalue weighted by molar-refractivity contribution is 5.95. The zero-order valence-corrected chi connectivity index (χ0v) is 18.9. The molecule has 9 heteroatoms. The van der Waals surface area contributed by atoms with E-state index in [0.29, 0.717) is 25.1 Å². The van der Waals surface area contributed by atoms with Gasteiger partial charge in [-0.1, -0.05) is 12.1 Å². The predicted molar refractivity (Wildman–Crippen MR) is 125 cm³/mol. The van der Waals surface area contributed by atoms with E-state index in [2.05, 4.69) is 15.5 Å². The highest BCUT2D eigenvalue weighted by Crippen LogP contribution is 2.33. The monoisotopic (exact) mass is 483 g/mol. The van der Waals surface area contributed by atoms with E-state index in [1.165, 1.54) is 12.1 Å². The van der Waals surface area contributed by atoms with Gasteiger partial charge in [-0.25, -0.2) is 8.78 Å². The molecule has 3 rings (SSSR count). The molecule has 0 aromatic heterocycles. The van der Waals surface area contributed by atoms with Gasteiger partial charge >= 0.3 is 6.18 Å². The normalized spacial score (nSPS) is 14.8. The van der Waals surface area contributed by atoms with Gasteiger partial charge in [0.05, 0.1) is 16.9 Å². The molecule has 1 atom stereocenters. The maximum atomic E-state index is 13.0. The summed E-state index contributed by atoms with van der Waals surface area (Å²) in [6.07, 6.45) is -2.45. The minimum atomic E-state index is -4.36. The lowest BCUT2D eigenvalue weighted by Crippen LogP contribution is -2.21. The van der Waals surface area contributed by atoms with Crippen LogP contribution in [0.2, 0.25) is 0 Å². The molecular formula is C25H30F5N3O. The number of carbonyl (C=O) groups excluding carboxylic acids is 1. The predicted octanol–water partition coefficient (Wildman–Crippen LogP) is 6.72. The molecule has 0 unspecified atom stereocenters. The second-order valence-corrected chi connectivity index (χ2v) is 8.52. The van der Waals surface area contributed by atoms with E-state index >= 15 is 0 Å². The molecule has 186 valence electrons. The van der Waals surface area contributed by atoms with Crippen molar-refractivity contribution >= 4 is 23.0 Å². The van der Waals surface area contributed by atoms with Gasteiger partial charge in [0.15, 0.2) is 0 Å². The maximum Gasteiger partial charge on any atom is 0.416 e. The van der Waals surface area contributed by atoms with Crippen molar-refractivity contribution in [2.75, 3.05) is 35.3 Å². The van der Waals surface area contributed by atoms with Gasteiger partial charge in [-0.15, -0.1) is 0 Å². The lowest BCUT2D eigenvalue weighted by atomic mass is 10.1. The summed E-state index contributed by atoms with van der Waals surface area (Å²) in [5.41, 5.74) is 2.39. The third-order valence-electron chi connectivity index (χ3n) is 5.84. The fourth-order valence-corrected chi connectivity index (χ4v) is 3.92. The number of unbranched alkanes of at least 4 members (excludes halogenated alkanes) is 1. The summed E-state index contributed by atoms with van der Waals surface area (Å²) in [5.74, 6) is -0.179. The van der Waals surface area contributed by atoms with Gasteiger partial charge in [-0.05, 0) is 68.0 Å². The van der Waals surface area contributed by atoms with E-state index in [9.17, 15) is 26.7 Å². The Morgan fingerprint density at radius 1 is 1.03 bits per heavy atom. The van der Waals surface area contributed by atoms with E-state index in [4.69, 9.17) is 0 Å².